The number of carbonyl (C=O) groups excluding carboxylic acids is 1. The van der Waals surface area contributed by atoms with Gasteiger partial charge >= 0.3 is 5.97 Å². The fraction of sp³-hybridized carbons (Fsp3) is 0.222. The van der Waals surface area contributed by atoms with Crippen molar-refractivity contribution in [1.29, 1.82) is 0 Å². The highest BCUT2D eigenvalue weighted by Crippen LogP contribution is 2.33. The number of methoxy groups -OCH3 is 2. The average Bonchev–Trinajstić information content (AvgIpc) is 2.24. The Morgan fingerprint density at radius 3 is 2.29 bits per heavy atom. The van der Waals surface area contributed by atoms with E-state index in [0.29, 0.717) is 0 Å². The predicted octanol–water partition coefficient (Wildman–Crippen LogP) is 2.06. The molecule has 0 aliphatic rings. The lowest BCUT2D eigenvalue weighted by atomic mass is 10.2. The Bertz CT molecular complexity index is 553. The molecule has 0 amide bonds. The zero-order valence-electron chi connectivity index (χ0n) is 8.86. The van der Waals surface area contributed by atoms with E-state index in [2.05, 4.69) is 4.74 Å². The Kier molecular flexibility index (Phi) is 4.24. The zero-order chi connectivity index (χ0) is 13.2. The molecule has 1 aromatic carbocycles. The average molecular weight is 299 g/mol. The second-order valence-electron chi connectivity index (χ2n) is 2.91. The molecule has 8 heteroatoms. The van der Waals surface area contributed by atoms with E-state index in [0.717, 1.165) is 13.2 Å². The van der Waals surface area contributed by atoms with Gasteiger partial charge < -0.3 is 9.47 Å². The summed E-state index contributed by atoms with van der Waals surface area (Å²) in [6.45, 7) is 0. The smallest absolute Gasteiger partial charge is 0.339 e. The lowest BCUT2D eigenvalue weighted by molar-refractivity contribution is 0.0595. The molecule has 0 N–H and O–H groups in total. The molecule has 0 aliphatic carbocycles. The zero-order valence-corrected chi connectivity index (χ0v) is 11.2. The third-order valence-corrected chi connectivity index (χ3v) is 3.48. The minimum atomic E-state index is -4.16. The molecular weight excluding hydrogens is 291 g/mol. The minimum Gasteiger partial charge on any atom is -0.495 e. The fourth-order valence-electron chi connectivity index (χ4n) is 1.23. The van der Waals surface area contributed by atoms with Gasteiger partial charge in [0, 0.05) is 21.8 Å². The van der Waals surface area contributed by atoms with Crippen LogP contribution in [0.2, 0.25) is 5.02 Å². The Morgan fingerprint density at radius 2 is 1.88 bits per heavy atom. The standard InChI is InChI=1S/C9H8Cl2O5S/c1-15-7-4-5(10)3-6(9(12)16-2)8(7)17(11,13)14/h3-4H,1-2H3. The van der Waals surface area contributed by atoms with Gasteiger partial charge in [-0.05, 0) is 6.07 Å². The van der Waals surface area contributed by atoms with E-state index in [4.69, 9.17) is 27.0 Å². The summed E-state index contributed by atoms with van der Waals surface area (Å²) in [5.74, 6) is -0.988. The number of esters is 1. The summed E-state index contributed by atoms with van der Waals surface area (Å²) >= 11 is 5.73. The van der Waals surface area contributed by atoms with Crippen LogP contribution in [0.15, 0.2) is 17.0 Å². The Balaban J connectivity index is 3.68. The summed E-state index contributed by atoms with van der Waals surface area (Å²) in [6, 6.07) is 2.38. The first-order chi connectivity index (χ1) is 7.81. The van der Waals surface area contributed by atoms with Crippen LogP contribution in [0.4, 0.5) is 0 Å². The first kappa shape index (κ1) is 14.1. The molecule has 0 heterocycles. The molecule has 0 atom stereocenters. The van der Waals surface area contributed by atoms with Crippen molar-refractivity contribution in [3.05, 3.63) is 22.7 Å². The van der Waals surface area contributed by atoms with Gasteiger partial charge in [0.25, 0.3) is 9.05 Å². The number of benzene rings is 1. The minimum absolute atomic E-state index is 0.118. The van der Waals surface area contributed by atoms with E-state index in [9.17, 15) is 13.2 Å². The molecule has 0 fully saturated rings. The Labute approximate surface area is 108 Å². The number of carbonyl (C=O) groups is 1. The number of halogens is 2. The van der Waals surface area contributed by atoms with Crippen LogP contribution in [0.1, 0.15) is 10.4 Å². The third kappa shape index (κ3) is 3.02. The van der Waals surface area contributed by atoms with Crippen molar-refractivity contribution < 1.29 is 22.7 Å². The van der Waals surface area contributed by atoms with Gasteiger partial charge in [0.1, 0.15) is 10.6 Å². The summed E-state index contributed by atoms with van der Waals surface area (Å²) in [6.07, 6.45) is 0. The van der Waals surface area contributed by atoms with Gasteiger partial charge in [-0.3, -0.25) is 0 Å². The van der Waals surface area contributed by atoms with E-state index < -0.39 is 19.9 Å². The molecule has 0 saturated heterocycles. The molecular formula is C9H8Cl2O5S. The molecule has 94 valence electrons. The van der Waals surface area contributed by atoms with Crippen LogP contribution in [0.25, 0.3) is 0 Å². The predicted molar refractivity (Wildman–Crippen MR) is 62.4 cm³/mol. The number of ether oxygens (including phenoxy) is 2. The van der Waals surface area contributed by atoms with E-state index >= 15 is 0 Å². The van der Waals surface area contributed by atoms with Gasteiger partial charge in [-0.25, -0.2) is 13.2 Å². The SMILES string of the molecule is COC(=O)c1cc(Cl)cc(OC)c1S(=O)(=O)Cl. The fourth-order valence-corrected chi connectivity index (χ4v) is 2.71. The number of hydrogen-bond acceptors (Lipinski definition) is 5. The molecule has 0 spiro atoms. The van der Waals surface area contributed by atoms with Crippen molar-refractivity contribution >= 4 is 37.3 Å². The van der Waals surface area contributed by atoms with Gasteiger partial charge in [0.05, 0.1) is 19.8 Å². The number of rotatable bonds is 3. The highest BCUT2D eigenvalue weighted by molar-refractivity contribution is 8.13. The molecule has 1 rings (SSSR count). The van der Waals surface area contributed by atoms with Crippen LogP contribution in [0.5, 0.6) is 5.75 Å². The van der Waals surface area contributed by atoms with Crippen LogP contribution in [-0.2, 0) is 13.8 Å². The summed E-state index contributed by atoms with van der Waals surface area (Å²) < 4.78 is 32.1. The second kappa shape index (κ2) is 5.12. The highest BCUT2D eigenvalue weighted by Gasteiger charge is 2.26. The van der Waals surface area contributed by atoms with Crippen LogP contribution < -0.4 is 4.74 Å². The molecule has 1 aromatic rings. The summed E-state index contributed by atoms with van der Waals surface area (Å²) in [7, 11) is 3.43. The molecule has 0 aliphatic heterocycles. The third-order valence-electron chi connectivity index (χ3n) is 1.89. The van der Waals surface area contributed by atoms with Crippen LogP contribution in [0.3, 0.4) is 0 Å². The first-order valence-electron chi connectivity index (χ1n) is 4.21. The van der Waals surface area contributed by atoms with Crippen LogP contribution >= 0.6 is 22.3 Å². The normalized spacial score (nSPS) is 11.1. The monoisotopic (exact) mass is 298 g/mol. The van der Waals surface area contributed by atoms with Crippen molar-refractivity contribution in [2.45, 2.75) is 4.90 Å². The van der Waals surface area contributed by atoms with E-state index in [1.165, 1.54) is 13.2 Å². The van der Waals surface area contributed by atoms with Crippen molar-refractivity contribution in [2.75, 3.05) is 14.2 Å². The van der Waals surface area contributed by atoms with Crippen molar-refractivity contribution in [3.8, 4) is 5.75 Å². The molecule has 17 heavy (non-hydrogen) atoms. The highest BCUT2D eigenvalue weighted by atomic mass is 35.7. The van der Waals surface area contributed by atoms with Crippen molar-refractivity contribution in [1.82, 2.24) is 0 Å². The van der Waals surface area contributed by atoms with Gasteiger partial charge in [0.15, 0.2) is 0 Å². The number of hydrogen-bond donors (Lipinski definition) is 0. The lowest BCUT2D eigenvalue weighted by Gasteiger charge is -2.10. The van der Waals surface area contributed by atoms with Gasteiger partial charge in [0.2, 0.25) is 0 Å². The maximum Gasteiger partial charge on any atom is 0.339 e. The van der Waals surface area contributed by atoms with Crippen molar-refractivity contribution in [2.24, 2.45) is 0 Å². The van der Waals surface area contributed by atoms with Crippen LogP contribution in [-0.4, -0.2) is 28.6 Å². The second-order valence-corrected chi connectivity index (χ2v) is 5.85. The van der Waals surface area contributed by atoms with E-state index in [-0.39, 0.29) is 16.3 Å². The van der Waals surface area contributed by atoms with Gasteiger partial charge in [-0.2, -0.15) is 0 Å². The Morgan fingerprint density at radius 1 is 1.29 bits per heavy atom. The molecule has 0 saturated carbocycles. The largest absolute Gasteiger partial charge is 0.495 e. The van der Waals surface area contributed by atoms with Crippen molar-refractivity contribution in [3.63, 3.8) is 0 Å². The summed E-state index contributed by atoms with van der Waals surface area (Å²) in [5, 5.41) is 0.131. The molecule has 0 aromatic heterocycles. The molecule has 5 nitrogen and oxygen atoms in total. The summed E-state index contributed by atoms with van der Waals surface area (Å²) in [4.78, 5) is 11.0. The van der Waals surface area contributed by atoms with E-state index in [1.54, 1.807) is 0 Å². The van der Waals surface area contributed by atoms with E-state index in [1.807, 2.05) is 0 Å². The molecule has 0 bridgehead atoms. The maximum atomic E-state index is 11.4. The quantitative estimate of drug-likeness (QED) is 0.631. The lowest BCUT2D eigenvalue weighted by Crippen LogP contribution is -2.09. The molecule has 0 radical (unpaired) electrons. The van der Waals surface area contributed by atoms with Crippen LogP contribution in [0, 0.1) is 0 Å². The molecule has 0 unspecified atom stereocenters. The summed E-state index contributed by atoms with van der Waals surface area (Å²) in [5.41, 5.74) is -0.271. The Hall–Kier alpha value is -0.980. The topological polar surface area (TPSA) is 69.7 Å². The first-order valence-corrected chi connectivity index (χ1v) is 6.90. The van der Waals surface area contributed by atoms with Gasteiger partial charge in [-0.15, -0.1) is 0 Å². The van der Waals surface area contributed by atoms with Gasteiger partial charge in [-0.1, -0.05) is 11.6 Å². The maximum absolute atomic E-state index is 11.4.